The van der Waals surface area contributed by atoms with Gasteiger partial charge in [0.15, 0.2) is 0 Å². The first kappa shape index (κ1) is 16.9. The lowest BCUT2D eigenvalue weighted by molar-refractivity contribution is -0.137. The molecule has 0 aliphatic heterocycles. The molecule has 1 N–H and O–H groups in total. The molecule has 0 amide bonds. The molecule has 3 aromatic heterocycles. The van der Waals surface area contributed by atoms with Gasteiger partial charge in [-0.15, -0.1) is 11.3 Å². The quantitative estimate of drug-likeness (QED) is 0.764. The Kier molecular flexibility index (Phi) is 4.32. The number of carboxylic acids is 1. The predicted molar refractivity (Wildman–Crippen MR) is 101 cm³/mol. The molecule has 0 bridgehead atoms. The highest BCUT2D eigenvalue weighted by atomic mass is 32.1. The third-order valence-corrected chi connectivity index (χ3v) is 6.03. The van der Waals surface area contributed by atoms with E-state index in [1.54, 1.807) is 29.8 Å². The van der Waals surface area contributed by atoms with Crippen LogP contribution < -0.4 is 5.56 Å². The number of aliphatic carboxylic acids is 1. The highest BCUT2D eigenvalue weighted by molar-refractivity contribution is 7.18. The lowest BCUT2D eigenvalue weighted by Gasteiger charge is -2.17. The van der Waals surface area contributed by atoms with Crippen molar-refractivity contribution in [2.24, 2.45) is 5.92 Å². The number of rotatable bonds is 4. The van der Waals surface area contributed by atoms with Crippen molar-refractivity contribution >= 4 is 27.5 Å². The smallest absolute Gasteiger partial charge is 0.305 e. The molecule has 0 spiro atoms. The Morgan fingerprint density at radius 1 is 1.46 bits per heavy atom. The fourth-order valence-electron chi connectivity index (χ4n) is 3.55. The van der Waals surface area contributed by atoms with Crippen LogP contribution in [0.4, 0.5) is 0 Å². The molecule has 134 valence electrons. The van der Waals surface area contributed by atoms with Crippen LogP contribution in [0.3, 0.4) is 0 Å². The molecule has 4 rings (SSSR count). The van der Waals surface area contributed by atoms with Gasteiger partial charge in [0.25, 0.3) is 5.56 Å². The molecule has 3 aromatic rings. The number of carboxylic acid groups (broad SMARTS) is 1. The predicted octanol–water partition coefficient (Wildman–Crippen LogP) is 3.12. The van der Waals surface area contributed by atoms with Crippen molar-refractivity contribution < 1.29 is 9.90 Å². The maximum atomic E-state index is 13.3. The number of thiophene rings is 1. The summed E-state index contributed by atoms with van der Waals surface area (Å²) in [4.78, 5) is 35.2. The van der Waals surface area contributed by atoms with E-state index >= 15 is 0 Å². The lowest BCUT2D eigenvalue weighted by atomic mass is 9.89. The van der Waals surface area contributed by atoms with E-state index in [-0.39, 0.29) is 18.5 Å². The molecule has 0 radical (unpaired) electrons. The van der Waals surface area contributed by atoms with Crippen molar-refractivity contribution in [3.8, 4) is 11.4 Å². The van der Waals surface area contributed by atoms with Crippen LogP contribution in [-0.4, -0.2) is 25.6 Å². The average molecular weight is 369 g/mol. The van der Waals surface area contributed by atoms with Crippen LogP contribution >= 0.6 is 11.3 Å². The molecule has 1 atom stereocenters. The summed E-state index contributed by atoms with van der Waals surface area (Å²) in [5.41, 5.74) is 1.70. The van der Waals surface area contributed by atoms with Crippen molar-refractivity contribution in [1.29, 1.82) is 0 Å². The minimum Gasteiger partial charge on any atom is -0.481 e. The van der Waals surface area contributed by atoms with E-state index in [1.165, 1.54) is 9.44 Å². The van der Waals surface area contributed by atoms with Crippen LogP contribution in [0.5, 0.6) is 0 Å². The molecule has 7 heteroatoms. The highest BCUT2D eigenvalue weighted by Crippen LogP contribution is 2.36. The number of aromatic nitrogens is 3. The molecule has 0 saturated carbocycles. The zero-order valence-corrected chi connectivity index (χ0v) is 15.3. The molecule has 1 aliphatic rings. The second-order valence-electron chi connectivity index (χ2n) is 6.81. The average Bonchev–Trinajstić information content (AvgIpc) is 2.98. The van der Waals surface area contributed by atoms with Gasteiger partial charge in [-0.25, -0.2) is 4.98 Å². The first-order valence-electron chi connectivity index (χ1n) is 8.72. The fraction of sp³-hybridized carbons (Fsp3) is 0.368. The van der Waals surface area contributed by atoms with E-state index < -0.39 is 5.97 Å². The molecule has 26 heavy (non-hydrogen) atoms. The summed E-state index contributed by atoms with van der Waals surface area (Å²) in [6, 6.07) is 3.63. The molecule has 1 aliphatic carbocycles. The van der Waals surface area contributed by atoms with Gasteiger partial charge in [0.05, 0.1) is 11.8 Å². The fourth-order valence-corrected chi connectivity index (χ4v) is 4.93. The van der Waals surface area contributed by atoms with E-state index in [9.17, 15) is 9.59 Å². The second kappa shape index (κ2) is 6.64. The summed E-state index contributed by atoms with van der Waals surface area (Å²) in [6.45, 7) is 2.33. The van der Waals surface area contributed by atoms with Gasteiger partial charge in [-0.3, -0.25) is 19.1 Å². The third kappa shape index (κ3) is 2.92. The van der Waals surface area contributed by atoms with E-state index in [4.69, 9.17) is 10.1 Å². The minimum absolute atomic E-state index is 0.0996. The van der Waals surface area contributed by atoms with Crippen molar-refractivity contribution in [3.05, 3.63) is 45.3 Å². The zero-order chi connectivity index (χ0) is 18.3. The van der Waals surface area contributed by atoms with Gasteiger partial charge in [0, 0.05) is 29.4 Å². The summed E-state index contributed by atoms with van der Waals surface area (Å²) >= 11 is 1.60. The molecule has 0 aromatic carbocycles. The van der Waals surface area contributed by atoms with Crippen molar-refractivity contribution in [3.63, 3.8) is 0 Å². The van der Waals surface area contributed by atoms with E-state index in [0.29, 0.717) is 17.1 Å². The Labute approximate surface area is 154 Å². The van der Waals surface area contributed by atoms with E-state index in [1.807, 2.05) is 6.07 Å². The largest absolute Gasteiger partial charge is 0.481 e. The first-order valence-corrected chi connectivity index (χ1v) is 9.53. The topological polar surface area (TPSA) is 85.1 Å². The number of hydrogen-bond donors (Lipinski definition) is 1. The van der Waals surface area contributed by atoms with Crippen LogP contribution in [0.15, 0.2) is 29.3 Å². The van der Waals surface area contributed by atoms with Crippen LogP contribution in [-0.2, 0) is 24.2 Å². The Hall–Kier alpha value is -2.54. The zero-order valence-electron chi connectivity index (χ0n) is 14.4. The van der Waals surface area contributed by atoms with Gasteiger partial charge < -0.3 is 5.11 Å². The Morgan fingerprint density at radius 2 is 2.31 bits per heavy atom. The highest BCUT2D eigenvalue weighted by Gasteiger charge is 2.25. The maximum Gasteiger partial charge on any atom is 0.305 e. The number of fused-ring (bicyclic) bond motifs is 3. The van der Waals surface area contributed by atoms with Crippen molar-refractivity contribution in [1.82, 2.24) is 14.5 Å². The van der Waals surface area contributed by atoms with Gasteiger partial charge in [-0.1, -0.05) is 6.92 Å². The van der Waals surface area contributed by atoms with Crippen molar-refractivity contribution in [2.45, 2.75) is 39.2 Å². The Balaban J connectivity index is 1.96. The van der Waals surface area contributed by atoms with Crippen molar-refractivity contribution in [2.75, 3.05) is 0 Å². The summed E-state index contributed by atoms with van der Waals surface area (Å²) < 4.78 is 1.50. The first-order chi connectivity index (χ1) is 12.5. The Bertz CT molecular complexity index is 1040. The number of carbonyl (C=O) groups is 1. The molecule has 3 heterocycles. The van der Waals surface area contributed by atoms with Crippen LogP contribution in [0, 0.1) is 5.92 Å². The number of aryl methyl sites for hydroxylation is 1. The van der Waals surface area contributed by atoms with Crippen LogP contribution in [0.25, 0.3) is 21.6 Å². The van der Waals surface area contributed by atoms with Gasteiger partial charge in [-0.05, 0) is 42.9 Å². The molecule has 1 unspecified atom stereocenters. The summed E-state index contributed by atoms with van der Waals surface area (Å²) in [5.74, 6) is 0.168. The second-order valence-corrected chi connectivity index (χ2v) is 7.89. The van der Waals surface area contributed by atoms with E-state index in [2.05, 4.69) is 11.9 Å². The standard InChI is InChI=1S/C19H19N3O3S/c1-11-4-5-13-14(9-11)26-18-16(13)19(25)22(8-6-15(23)24)17(21-18)12-3-2-7-20-10-12/h2-3,7,10-11H,4-6,8-9H2,1H3,(H,23,24). The summed E-state index contributed by atoms with van der Waals surface area (Å²) in [6.07, 6.45) is 6.13. The van der Waals surface area contributed by atoms with Crippen LogP contribution in [0.1, 0.15) is 30.2 Å². The normalized spacial score (nSPS) is 16.6. The molecule has 0 fully saturated rings. The minimum atomic E-state index is -0.935. The number of pyridine rings is 1. The van der Waals surface area contributed by atoms with Gasteiger partial charge in [0.1, 0.15) is 10.7 Å². The third-order valence-electron chi connectivity index (χ3n) is 4.88. The lowest BCUT2D eigenvalue weighted by Crippen LogP contribution is -2.25. The molecular formula is C19H19N3O3S. The van der Waals surface area contributed by atoms with Gasteiger partial charge in [-0.2, -0.15) is 0 Å². The summed E-state index contributed by atoms with van der Waals surface area (Å²) in [7, 11) is 0. The number of nitrogens with zero attached hydrogens (tertiary/aromatic N) is 3. The maximum absolute atomic E-state index is 13.3. The summed E-state index contributed by atoms with van der Waals surface area (Å²) in [5, 5.41) is 9.75. The molecule has 0 saturated heterocycles. The SMILES string of the molecule is CC1CCc2c(sc3nc(-c4cccnc4)n(CCC(=O)O)c(=O)c23)C1. The molecular weight excluding hydrogens is 350 g/mol. The Morgan fingerprint density at radius 3 is 3.04 bits per heavy atom. The monoisotopic (exact) mass is 369 g/mol. The van der Waals surface area contributed by atoms with Crippen LogP contribution in [0.2, 0.25) is 0 Å². The molecule has 6 nitrogen and oxygen atoms in total. The van der Waals surface area contributed by atoms with E-state index in [0.717, 1.165) is 35.2 Å². The number of hydrogen-bond acceptors (Lipinski definition) is 5. The van der Waals surface area contributed by atoms with Gasteiger partial charge in [0.2, 0.25) is 0 Å². The van der Waals surface area contributed by atoms with Gasteiger partial charge >= 0.3 is 5.97 Å².